The Kier molecular flexibility index (Phi) is 4.37. The van der Waals surface area contributed by atoms with Gasteiger partial charge in [0.2, 0.25) is 5.91 Å². The van der Waals surface area contributed by atoms with Crippen LogP contribution in [0.4, 0.5) is 0 Å². The van der Waals surface area contributed by atoms with E-state index in [4.69, 9.17) is 21.1 Å². The molecule has 1 aliphatic heterocycles. The minimum absolute atomic E-state index is 0.0432. The lowest BCUT2D eigenvalue weighted by atomic mass is 10.2. The average Bonchev–Trinajstić information content (AvgIpc) is 2.53. The van der Waals surface area contributed by atoms with Crippen molar-refractivity contribution in [3.8, 4) is 0 Å². The van der Waals surface area contributed by atoms with E-state index in [-0.39, 0.29) is 17.9 Å². The third kappa shape index (κ3) is 3.97. The molecule has 1 rings (SSSR count). The second-order valence-electron chi connectivity index (χ2n) is 4.25. The predicted octanol–water partition coefficient (Wildman–Crippen LogP) is 1.13. The van der Waals surface area contributed by atoms with Crippen molar-refractivity contribution >= 4 is 17.5 Å². The molecule has 15 heavy (non-hydrogen) atoms. The molecule has 0 aromatic rings. The van der Waals surface area contributed by atoms with Gasteiger partial charge in [-0.3, -0.25) is 4.79 Å². The third-order valence-electron chi connectivity index (χ3n) is 2.25. The van der Waals surface area contributed by atoms with Crippen LogP contribution in [0.1, 0.15) is 20.8 Å². The van der Waals surface area contributed by atoms with Crippen molar-refractivity contribution in [1.82, 2.24) is 5.32 Å². The number of alkyl halides is 1. The largest absolute Gasteiger partial charge is 0.353 e. The van der Waals surface area contributed by atoms with Crippen molar-refractivity contribution in [2.75, 3.05) is 19.0 Å². The number of carbonyl (C=O) groups excluding carboxylic acids is 1. The summed E-state index contributed by atoms with van der Waals surface area (Å²) >= 11 is 5.57. The van der Waals surface area contributed by atoms with E-state index in [1.807, 2.05) is 13.8 Å². The van der Waals surface area contributed by atoms with Gasteiger partial charge in [-0.15, -0.1) is 11.6 Å². The van der Waals surface area contributed by atoms with Crippen molar-refractivity contribution in [1.29, 1.82) is 0 Å². The molecule has 5 heteroatoms. The highest BCUT2D eigenvalue weighted by molar-refractivity contribution is 6.19. The topological polar surface area (TPSA) is 47.6 Å². The summed E-state index contributed by atoms with van der Waals surface area (Å²) in [6, 6.07) is 0. The van der Waals surface area contributed by atoms with Crippen molar-refractivity contribution in [3.05, 3.63) is 0 Å². The Morgan fingerprint density at radius 1 is 1.67 bits per heavy atom. The van der Waals surface area contributed by atoms with Gasteiger partial charge in [0.25, 0.3) is 0 Å². The zero-order valence-electron chi connectivity index (χ0n) is 9.38. The zero-order chi connectivity index (χ0) is 11.5. The molecule has 0 radical (unpaired) electrons. The molecule has 4 nitrogen and oxygen atoms in total. The maximum absolute atomic E-state index is 11.4. The lowest BCUT2D eigenvalue weighted by Crippen LogP contribution is -2.37. The van der Waals surface area contributed by atoms with Gasteiger partial charge in [-0.25, -0.2) is 0 Å². The standard InChI is InChI=1S/C10H18ClNO3/c1-7(4-11)9(13)12-5-8-6-14-10(2,3)15-8/h7-8H,4-6H2,1-3H3,(H,12,13). The van der Waals surface area contributed by atoms with Gasteiger partial charge in [0, 0.05) is 18.3 Å². The Labute approximate surface area is 95.3 Å². The maximum atomic E-state index is 11.4. The van der Waals surface area contributed by atoms with E-state index in [0.717, 1.165) is 0 Å². The Hall–Kier alpha value is -0.320. The van der Waals surface area contributed by atoms with E-state index >= 15 is 0 Å². The summed E-state index contributed by atoms with van der Waals surface area (Å²) in [6.07, 6.45) is -0.0634. The van der Waals surface area contributed by atoms with Gasteiger partial charge in [0.05, 0.1) is 6.61 Å². The van der Waals surface area contributed by atoms with E-state index in [1.165, 1.54) is 0 Å². The van der Waals surface area contributed by atoms with Crippen LogP contribution in [0.2, 0.25) is 0 Å². The Bertz CT molecular complexity index is 233. The van der Waals surface area contributed by atoms with Crippen LogP contribution in [0.3, 0.4) is 0 Å². The van der Waals surface area contributed by atoms with E-state index in [9.17, 15) is 4.79 Å². The normalized spacial score (nSPS) is 26.3. The molecule has 1 amide bonds. The Balaban J connectivity index is 2.24. The lowest BCUT2D eigenvalue weighted by Gasteiger charge is -2.17. The van der Waals surface area contributed by atoms with Gasteiger partial charge in [0.15, 0.2) is 5.79 Å². The molecule has 1 saturated heterocycles. The van der Waals surface area contributed by atoms with Gasteiger partial charge in [-0.05, 0) is 13.8 Å². The SMILES string of the molecule is CC(CCl)C(=O)NCC1COC(C)(C)O1. The summed E-state index contributed by atoms with van der Waals surface area (Å²) in [5, 5.41) is 2.78. The van der Waals surface area contributed by atoms with Crippen molar-refractivity contribution in [2.45, 2.75) is 32.7 Å². The molecule has 1 aliphatic rings. The van der Waals surface area contributed by atoms with Crippen LogP contribution in [0.25, 0.3) is 0 Å². The minimum Gasteiger partial charge on any atom is -0.353 e. The lowest BCUT2D eigenvalue weighted by molar-refractivity contribution is -0.139. The number of hydrogen-bond donors (Lipinski definition) is 1. The van der Waals surface area contributed by atoms with E-state index in [0.29, 0.717) is 19.0 Å². The van der Waals surface area contributed by atoms with Gasteiger partial charge in [0.1, 0.15) is 6.10 Å². The zero-order valence-corrected chi connectivity index (χ0v) is 10.1. The molecule has 0 aliphatic carbocycles. The summed E-state index contributed by atoms with van der Waals surface area (Å²) in [6.45, 7) is 6.50. The third-order valence-corrected chi connectivity index (χ3v) is 2.71. The fraction of sp³-hybridized carbons (Fsp3) is 0.900. The van der Waals surface area contributed by atoms with Crippen molar-refractivity contribution < 1.29 is 14.3 Å². The van der Waals surface area contributed by atoms with Crippen LogP contribution < -0.4 is 5.32 Å². The first-order valence-electron chi connectivity index (χ1n) is 5.10. The number of ether oxygens (including phenoxy) is 2. The molecular formula is C10H18ClNO3. The smallest absolute Gasteiger partial charge is 0.224 e. The van der Waals surface area contributed by atoms with Crippen molar-refractivity contribution in [2.24, 2.45) is 5.92 Å². The van der Waals surface area contributed by atoms with Crippen LogP contribution in [-0.4, -0.2) is 36.8 Å². The highest BCUT2D eigenvalue weighted by Crippen LogP contribution is 2.21. The summed E-state index contributed by atoms with van der Waals surface area (Å²) in [4.78, 5) is 11.4. The fourth-order valence-electron chi connectivity index (χ4n) is 1.32. The van der Waals surface area contributed by atoms with E-state index in [1.54, 1.807) is 6.92 Å². The highest BCUT2D eigenvalue weighted by atomic mass is 35.5. The van der Waals surface area contributed by atoms with Gasteiger partial charge in [-0.1, -0.05) is 6.92 Å². The van der Waals surface area contributed by atoms with E-state index in [2.05, 4.69) is 5.32 Å². The summed E-state index contributed by atoms with van der Waals surface area (Å²) < 4.78 is 10.9. The molecule has 2 atom stereocenters. The molecule has 1 N–H and O–H groups in total. The second kappa shape index (κ2) is 5.14. The minimum atomic E-state index is -0.534. The summed E-state index contributed by atoms with van der Waals surface area (Å²) in [7, 11) is 0. The molecule has 0 spiro atoms. The van der Waals surface area contributed by atoms with Crippen LogP contribution in [0, 0.1) is 5.92 Å². The van der Waals surface area contributed by atoms with Crippen LogP contribution in [0.15, 0.2) is 0 Å². The molecule has 0 aromatic carbocycles. The summed E-state index contributed by atoms with van der Waals surface area (Å²) in [5.41, 5.74) is 0. The average molecular weight is 236 g/mol. The molecule has 0 bridgehead atoms. The molecule has 88 valence electrons. The second-order valence-corrected chi connectivity index (χ2v) is 4.56. The first-order chi connectivity index (χ1) is 6.94. The number of nitrogens with one attached hydrogen (secondary N) is 1. The first-order valence-corrected chi connectivity index (χ1v) is 5.63. The monoisotopic (exact) mass is 235 g/mol. The van der Waals surface area contributed by atoms with Crippen molar-refractivity contribution in [3.63, 3.8) is 0 Å². The maximum Gasteiger partial charge on any atom is 0.224 e. The van der Waals surface area contributed by atoms with Crippen LogP contribution in [-0.2, 0) is 14.3 Å². The molecule has 1 heterocycles. The Morgan fingerprint density at radius 2 is 2.33 bits per heavy atom. The number of halogens is 1. The molecular weight excluding hydrogens is 218 g/mol. The highest BCUT2D eigenvalue weighted by Gasteiger charge is 2.32. The number of amides is 1. The molecule has 0 aromatic heterocycles. The van der Waals surface area contributed by atoms with Gasteiger partial charge < -0.3 is 14.8 Å². The first kappa shape index (κ1) is 12.7. The fourth-order valence-corrected chi connectivity index (χ4v) is 1.46. The number of hydrogen-bond acceptors (Lipinski definition) is 3. The van der Waals surface area contributed by atoms with Crippen LogP contribution >= 0.6 is 11.6 Å². The number of carbonyl (C=O) groups is 1. The van der Waals surface area contributed by atoms with Crippen LogP contribution in [0.5, 0.6) is 0 Å². The molecule has 2 unspecified atom stereocenters. The predicted molar refractivity (Wildman–Crippen MR) is 57.8 cm³/mol. The molecule has 0 saturated carbocycles. The Morgan fingerprint density at radius 3 is 2.80 bits per heavy atom. The van der Waals surface area contributed by atoms with Gasteiger partial charge >= 0.3 is 0 Å². The van der Waals surface area contributed by atoms with Gasteiger partial charge in [-0.2, -0.15) is 0 Å². The molecule has 1 fully saturated rings. The van der Waals surface area contributed by atoms with E-state index < -0.39 is 5.79 Å². The summed E-state index contributed by atoms with van der Waals surface area (Å²) in [5.74, 6) is -0.410. The quantitative estimate of drug-likeness (QED) is 0.744. The number of rotatable bonds is 4.